The van der Waals surface area contributed by atoms with Gasteiger partial charge in [-0.3, -0.25) is 4.68 Å². The third-order valence-corrected chi connectivity index (χ3v) is 6.04. The first kappa shape index (κ1) is 19.9. The van der Waals surface area contributed by atoms with E-state index in [1.54, 1.807) is 12.5 Å². The average molecular weight is 438 g/mol. The number of hydrogen-bond acceptors (Lipinski definition) is 6. The van der Waals surface area contributed by atoms with E-state index in [9.17, 15) is 0 Å². The van der Waals surface area contributed by atoms with Crippen LogP contribution < -0.4 is 15.8 Å². The van der Waals surface area contributed by atoms with Gasteiger partial charge >= 0.3 is 0 Å². The van der Waals surface area contributed by atoms with E-state index in [0.29, 0.717) is 22.4 Å². The van der Waals surface area contributed by atoms with Crippen LogP contribution in [0.3, 0.4) is 0 Å². The summed E-state index contributed by atoms with van der Waals surface area (Å²) in [5.41, 5.74) is 9.57. The maximum atomic E-state index is 6.18. The molecule has 31 heavy (non-hydrogen) atoms. The molecule has 4 heterocycles. The van der Waals surface area contributed by atoms with Crippen LogP contribution in [0.4, 0.5) is 5.82 Å². The molecule has 0 bridgehead atoms. The first-order valence-electron chi connectivity index (χ1n) is 10.4. The first-order chi connectivity index (χ1) is 15.1. The van der Waals surface area contributed by atoms with Crippen LogP contribution >= 0.6 is 11.6 Å². The highest BCUT2D eigenvalue weighted by atomic mass is 35.5. The van der Waals surface area contributed by atoms with Crippen molar-refractivity contribution in [2.24, 2.45) is 0 Å². The molecule has 0 saturated carbocycles. The van der Waals surface area contributed by atoms with Gasteiger partial charge in [-0.1, -0.05) is 23.7 Å². The second-order valence-corrected chi connectivity index (χ2v) is 8.31. The number of pyridine rings is 1. The molecule has 0 spiro atoms. The SMILES string of the molecule is CC(Oc1c(N)ncc2c(-c3cnn(C4CCNCC4)c3)coc12)c1cccc(Cl)c1. The van der Waals surface area contributed by atoms with Crippen LogP contribution in [0.5, 0.6) is 5.75 Å². The van der Waals surface area contributed by atoms with Crippen molar-refractivity contribution in [3.8, 4) is 16.9 Å². The number of nitrogens with two attached hydrogens (primary N) is 1. The molecular formula is C23H24ClN5O2. The fraction of sp³-hybridized carbons (Fsp3) is 0.304. The van der Waals surface area contributed by atoms with E-state index in [2.05, 4.69) is 26.3 Å². The summed E-state index contributed by atoms with van der Waals surface area (Å²) in [6, 6.07) is 7.98. The zero-order valence-electron chi connectivity index (χ0n) is 17.2. The molecule has 1 unspecified atom stereocenters. The fourth-order valence-electron chi connectivity index (χ4n) is 4.07. The monoisotopic (exact) mass is 437 g/mol. The van der Waals surface area contributed by atoms with Gasteiger partial charge < -0.3 is 20.2 Å². The van der Waals surface area contributed by atoms with E-state index in [1.807, 2.05) is 37.4 Å². The van der Waals surface area contributed by atoms with Gasteiger partial charge in [0.25, 0.3) is 0 Å². The molecule has 3 N–H and O–H groups in total. The van der Waals surface area contributed by atoms with E-state index in [4.69, 9.17) is 26.5 Å². The van der Waals surface area contributed by atoms with Gasteiger partial charge in [-0.25, -0.2) is 4.98 Å². The fourth-order valence-corrected chi connectivity index (χ4v) is 4.27. The largest absolute Gasteiger partial charge is 0.479 e. The number of furan rings is 1. The molecule has 1 aliphatic rings. The lowest BCUT2D eigenvalue weighted by molar-refractivity contribution is 0.227. The number of nitrogens with zero attached hydrogens (tertiary/aromatic N) is 3. The van der Waals surface area contributed by atoms with E-state index in [1.165, 1.54) is 0 Å². The van der Waals surface area contributed by atoms with Crippen LogP contribution in [0.15, 0.2) is 53.5 Å². The Kier molecular flexibility index (Phi) is 5.29. The smallest absolute Gasteiger partial charge is 0.205 e. The number of nitrogens with one attached hydrogen (secondary N) is 1. The van der Waals surface area contributed by atoms with Crippen molar-refractivity contribution in [2.75, 3.05) is 18.8 Å². The van der Waals surface area contributed by atoms with Crippen LogP contribution in [0, 0.1) is 0 Å². The molecule has 1 fully saturated rings. The Morgan fingerprint density at radius 1 is 1.29 bits per heavy atom. The molecule has 0 radical (unpaired) electrons. The van der Waals surface area contributed by atoms with E-state index in [-0.39, 0.29) is 11.9 Å². The summed E-state index contributed by atoms with van der Waals surface area (Å²) in [6.45, 7) is 3.98. The number of fused-ring (bicyclic) bond motifs is 1. The van der Waals surface area contributed by atoms with E-state index >= 15 is 0 Å². The van der Waals surface area contributed by atoms with Crippen molar-refractivity contribution in [1.82, 2.24) is 20.1 Å². The third-order valence-electron chi connectivity index (χ3n) is 5.81. The molecule has 3 aromatic heterocycles. The van der Waals surface area contributed by atoms with Gasteiger partial charge in [0.1, 0.15) is 12.4 Å². The molecule has 0 aliphatic carbocycles. The van der Waals surface area contributed by atoms with Crippen LogP contribution in [0.1, 0.15) is 37.5 Å². The number of anilines is 1. The number of benzene rings is 1. The van der Waals surface area contributed by atoms with Gasteiger partial charge in [0.2, 0.25) is 5.75 Å². The van der Waals surface area contributed by atoms with Crippen molar-refractivity contribution in [1.29, 1.82) is 0 Å². The summed E-state index contributed by atoms with van der Waals surface area (Å²) in [4.78, 5) is 4.36. The Morgan fingerprint density at radius 3 is 2.94 bits per heavy atom. The second-order valence-electron chi connectivity index (χ2n) is 7.87. The van der Waals surface area contributed by atoms with Gasteiger partial charge in [0.05, 0.1) is 17.6 Å². The summed E-state index contributed by atoms with van der Waals surface area (Å²) >= 11 is 6.12. The Hall–Kier alpha value is -3.03. The summed E-state index contributed by atoms with van der Waals surface area (Å²) in [7, 11) is 0. The van der Waals surface area contributed by atoms with Crippen molar-refractivity contribution in [2.45, 2.75) is 31.9 Å². The lowest BCUT2D eigenvalue weighted by Gasteiger charge is -2.22. The minimum atomic E-state index is -0.274. The summed E-state index contributed by atoms with van der Waals surface area (Å²) in [6.07, 6.45) is 9.26. The Labute approximate surface area is 185 Å². The third kappa shape index (κ3) is 3.86. The van der Waals surface area contributed by atoms with E-state index < -0.39 is 0 Å². The highest BCUT2D eigenvalue weighted by Gasteiger charge is 2.21. The minimum absolute atomic E-state index is 0.274. The van der Waals surface area contributed by atoms with Crippen molar-refractivity contribution in [3.63, 3.8) is 0 Å². The number of piperidine rings is 1. The summed E-state index contributed by atoms with van der Waals surface area (Å²) in [5, 5.41) is 9.48. The van der Waals surface area contributed by atoms with E-state index in [0.717, 1.165) is 48.0 Å². The lowest BCUT2D eigenvalue weighted by atomic mass is 10.1. The van der Waals surface area contributed by atoms with Crippen molar-refractivity contribution >= 4 is 28.4 Å². The Balaban J connectivity index is 1.47. The Morgan fingerprint density at radius 2 is 2.13 bits per heavy atom. The molecular weight excluding hydrogens is 414 g/mol. The number of nitrogen functional groups attached to an aromatic ring is 1. The predicted molar refractivity (Wildman–Crippen MR) is 121 cm³/mol. The summed E-state index contributed by atoms with van der Waals surface area (Å²) < 4.78 is 14.1. The van der Waals surface area contributed by atoms with Crippen molar-refractivity contribution in [3.05, 3.63) is 59.7 Å². The topological polar surface area (TPSA) is 91.1 Å². The number of rotatable bonds is 5. The zero-order valence-corrected chi connectivity index (χ0v) is 18.0. The van der Waals surface area contributed by atoms with Gasteiger partial charge in [-0.05, 0) is 50.6 Å². The lowest BCUT2D eigenvalue weighted by Crippen LogP contribution is -2.29. The van der Waals surface area contributed by atoms with Crippen LogP contribution in [0.2, 0.25) is 5.02 Å². The van der Waals surface area contributed by atoms with Crippen molar-refractivity contribution < 1.29 is 9.15 Å². The molecule has 8 heteroatoms. The quantitative estimate of drug-likeness (QED) is 0.457. The molecule has 1 atom stereocenters. The van der Waals surface area contributed by atoms with Gasteiger partial charge in [0.15, 0.2) is 11.4 Å². The number of hydrogen-bond donors (Lipinski definition) is 2. The van der Waals surface area contributed by atoms with Crippen LogP contribution in [0.25, 0.3) is 22.1 Å². The maximum absolute atomic E-state index is 6.18. The zero-order chi connectivity index (χ0) is 21.4. The maximum Gasteiger partial charge on any atom is 0.205 e. The highest BCUT2D eigenvalue weighted by molar-refractivity contribution is 6.30. The minimum Gasteiger partial charge on any atom is -0.479 e. The second kappa shape index (κ2) is 8.24. The predicted octanol–water partition coefficient (Wildman–Crippen LogP) is 4.99. The molecule has 4 aromatic rings. The normalized spacial score (nSPS) is 15.9. The van der Waals surface area contributed by atoms with Crippen LogP contribution in [-0.2, 0) is 0 Å². The molecule has 160 valence electrons. The molecule has 1 aliphatic heterocycles. The summed E-state index contributed by atoms with van der Waals surface area (Å²) in [5.74, 6) is 0.717. The first-order valence-corrected chi connectivity index (χ1v) is 10.8. The molecule has 1 aromatic carbocycles. The number of ether oxygens (including phenoxy) is 1. The molecule has 5 rings (SSSR count). The van der Waals surface area contributed by atoms with Gasteiger partial charge in [0, 0.05) is 28.5 Å². The standard InChI is InChI=1S/C23H24ClN5O2/c1-14(15-3-2-4-17(24)9-15)31-22-21-19(11-27-23(22)25)20(13-30-21)16-10-28-29(12-16)18-5-7-26-8-6-18/h2-4,9-14,18,26H,5-8H2,1H3,(H2,25,27). The molecule has 7 nitrogen and oxygen atoms in total. The van der Waals surface area contributed by atoms with Gasteiger partial charge in [-0.2, -0.15) is 5.10 Å². The van der Waals surface area contributed by atoms with Gasteiger partial charge in [-0.15, -0.1) is 0 Å². The molecule has 1 saturated heterocycles. The number of halogens is 1. The van der Waals surface area contributed by atoms with Crippen LogP contribution in [-0.4, -0.2) is 27.9 Å². The highest BCUT2D eigenvalue weighted by Crippen LogP contribution is 2.39. The average Bonchev–Trinajstić information content (AvgIpc) is 3.43. The Bertz CT molecular complexity index is 1210. The molecule has 0 amide bonds. The number of aromatic nitrogens is 3.